The minimum atomic E-state index is 0.0388. The van der Waals surface area contributed by atoms with E-state index in [0.29, 0.717) is 29.5 Å². The Labute approximate surface area is 229 Å². The SMILES string of the molecule is O=C(CC1CCCCC1)Nc1cncc(-c2cc3c(-c4nc5c(-c6ccncc6)nccc5[nH]4)n[nH]c3cn2)c1. The van der Waals surface area contributed by atoms with Crippen LogP contribution < -0.4 is 5.32 Å². The number of aromatic amines is 2. The molecule has 198 valence electrons. The topological polar surface area (TPSA) is 138 Å². The van der Waals surface area contributed by atoms with Crippen LogP contribution in [0.15, 0.2) is 67.5 Å². The molecular weight excluding hydrogens is 502 g/mol. The van der Waals surface area contributed by atoms with E-state index in [0.717, 1.165) is 57.3 Å². The van der Waals surface area contributed by atoms with Gasteiger partial charge in [0.05, 0.1) is 40.5 Å². The van der Waals surface area contributed by atoms with E-state index < -0.39 is 0 Å². The molecule has 0 unspecified atom stereocenters. The highest BCUT2D eigenvalue weighted by Gasteiger charge is 2.19. The lowest BCUT2D eigenvalue weighted by molar-refractivity contribution is -0.117. The highest BCUT2D eigenvalue weighted by Crippen LogP contribution is 2.32. The van der Waals surface area contributed by atoms with Crippen LogP contribution in [0.2, 0.25) is 0 Å². The molecule has 0 spiro atoms. The zero-order valence-corrected chi connectivity index (χ0v) is 21.8. The van der Waals surface area contributed by atoms with E-state index in [4.69, 9.17) is 4.98 Å². The molecule has 0 saturated heterocycles. The summed E-state index contributed by atoms with van der Waals surface area (Å²) in [5.41, 5.74) is 7.00. The van der Waals surface area contributed by atoms with Crippen molar-refractivity contribution >= 4 is 33.5 Å². The van der Waals surface area contributed by atoms with Gasteiger partial charge in [-0.2, -0.15) is 5.10 Å². The van der Waals surface area contributed by atoms with Gasteiger partial charge < -0.3 is 10.3 Å². The second-order valence-electron chi connectivity index (χ2n) is 10.3. The average molecular weight is 530 g/mol. The van der Waals surface area contributed by atoms with Gasteiger partial charge in [-0.15, -0.1) is 0 Å². The monoisotopic (exact) mass is 529 g/mol. The van der Waals surface area contributed by atoms with Crippen LogP contribution in [0.5, 0.6) is 0 Å². The molecule has 0 atom stereocenters. The molecule has 40 heavy (non-hydrogen) atoms. The number of imidazole rings is 1. The Kier molecular flexibility index (Phi) is 6.19. The standard InChI is InChI=1S/C30H27N9O/c40-26(12-18-4-2-1-3-5-18)35-21-13-20(15-32-16-21)24-14-22-25(17-34-24)38-39-28(22)30-36-23-8-11-33-27(29(23)37-30)19-6-9-31-10-7-19/h6-11,13-18H,1-5,12H2,(H,35,40)(H,36,37)(H,38,39). The molecule has 1 amide bonds. The lowest BCUT2D eigenvalue weighted by Gasteiger charge is -2.20. The van der Waals surface area contributed by atoms with Crippen molar-refractivity contribution in [2.45, 2.75) is 38.5 Å². The first-order chi connectivity index (χ1) is 19.7. The van der Waals surface area contributed by atoms with Crippen LogP contribution in [0.4, 0.5) is 5.69 Å². The first kappa shape index (κ1) is 24.1. The van der Waals surface area contributed by atoms with Crippen LogP contribution in [-0.4, -0.2) is 46.0 Å². The van der Waals surface area contributed by atoms with Gasteiger partial charge in [0.25, 0.3) is 0 Å². The number of carbonyl (C=O) groups is 1. The van der Waals surface area contributed by atoms with Crippen LogP contribution in [0.1, 0.15) is 38.5 Å². The minimum absolute atomic E-state index is 0.0388. The van der Waals surface area contributed by atoms with Crippen LogP contribution in [0.25, 0.3) is 56.0 Å². The van der Waals surface area contributed by atoms with Gasteiger partial charge in [-0.1, -0.05) is 19.3 Å². The molecule has 6 aromatic heterocycles. The maximum absolute atomic E-state index is 12.7. The predicted octanol–water partition coefficient (Wildman–Crippen LogP) is 5.93. The quantitative estimate of drug-likeness (QED) is 0.243. The Morgan fingerprint density at radius 3 is 2.62 bits per heavy atom. The van der Waals surface area contributed by atoms with Crippen molar-refractivity contribution in [2.24, 2.45) is 5.92 Å². The van der Waals surface area contributed by atoms with Gasteiger partial charge in [-0.25, -0.2) is 4.98 Å². The van der Waals surface area contributed by atoms with Crippen molar-refractivity contribution in [2.75, 3.05) is 5.32 Å². The second-order valence-corrected chi connectivity index (χ2v) is 10.3. The number of hydrogen-bond donors (Lipinski definition) is 3. The molecule has 6 aromatic rings. The molecule has 10 heteroatoms. The van der Waals surface area contributed by atoms with E-state index >= 15 is 0 Å². The van der Waals surface area contributed by atoms with Crippen LogP contribution in [0, 0.1) is 5.92 Å². The van der Waals surface area contributed by atoms with E-state index in [9.17, 15) is 4.79 Å². The number of aromatic nitrogens is 8. The van der Waals surface area contributed by atoms with Crippen molar-refractivity contribution in [3.63, 3.8) is 0 Å². The summed E-state index contributed by atoms with van der Waals surface area (Å²) in [7, 11) is 0. The van der Waals surface area contributed by atoms with Gasteiger partial charge in [0, 0.05) is 47.7 Å². The zero-order chi connectivity index (χ0) is 26.9. The molecule has 0 bridgehead atoms. The van der Waals surface area contributed by atoms with Crippen molar-refractivity contribution in [1.82, 2.24) is 40.1 Å². The van der Waals surface area contributed by atoms with Crippen LogP contribution in [0.3, 0.4) is 0 Å². The number of carbonyl (C=O) groups excluding carboxylic acids is 1. The fourth-order valence-electron chi connectivity index (χ4n) is 5.54. The second kappa shape index (κ2) is 10.3. The number of anilines is 1. The number of nitrogens with one attached hydrogen (secondary N) is 3. The van der Waals surface area contributed by atoms with Gasteiger partial charge in [-0.05, 0) is 49.1 Å². The number of rotatable bonds is 6. The van der Waals surface area contributed by atoms with E-state index in [1.54, 1.807) is 37.2 Å². The van der Waals surface area contributed by atoms with Gasteiger partial charge in [0.15, 0.2) is 5.82 Å². The number of amides is 1. The Morgan fingerprint density at radius 1 is 0.875 bits per heavy atom. The minimum Gasteiger partial charge on any atom is -0.336 e. The highest BCUT2D eigenvalue weighted by atomic mass is 16.1. The van der Waals surface area contributed by atoms with Crippen LogP contribution in [-0.2, 0) is 4.79 Å². The number of H-pyrrole nitrogens is 2. The summed E-state index contributed by atoms with van der Waals surface area (Å²) in [5, 5.41) is 11.5. The van der Waals surface area contributed by atoms with E-state index in [2.05, 4.69) is 40.4 Å². The van der Waals surface area contributed by atoms with Crippen molar-refractivity contribution in [1.29, 1.82) is 0 Å². The fourth-order valence-corrected chi connectivity index (χ4v) is 5.54. The Balaban J connectivity index is 1.19. The molecule has 1 aliphatic rings. The molecule has 1 fully saturated rings. The molecule has 6 heterocycles. The Bertz CT molecular complexity index is 1820. The maximum atomic E-state index is 12.7. The molecule has 3 N–H and O–H groups in total. The number of pyridine rings is 4. The molecule has 10 nitrogen and oxygen atoms in total. The third-order valence-electron chi connectivity index (χ3n) is 7.54. The fraction of sp³-hybridized carbons (Fsp3) is 0.233. The molecule has 0 aromatic carbocycles. The summed E-state index contributed by atoms with van der Waals surface area (Å²) in [4.78, 5) is 38.6. The summed E-state index contributed by atoms with van der Waals surface area (Å²) in [5.74, 6) is 1.14. The zero-order valence-electron chi connectivity index (χ0n) is 21.8. The normalized spacial score (nSPS) is 14.1. The summed E-state index contributed by atoms with van der Waals surface area (Å²) < 4.78 is 0. The third kappa shape index (κ3) is 4.68. The van der Waals surface area contributed by atoms with E-state index in [1.807, 2.05) is 30.3 Å². The summed E-state index contributed by atoms with van der Waals surface area (Å²) in [6.07, 6.45) is 17.0. The molecule has 1 aliphatic carbocycles. The lowest BCUT2D eigenvalue weighted by Crippen LogP contribution is -2.18. The number of fused-ring (bicyclic) bond motifs is 2. The van der Waals surface area contributed by atoms with Crippen molar-refractivity contribution in [3.05, 3.63) is 67.5 Å². The Morgan fingerprint density at radius 2 is 1.75 bits per heavy atom. The van der Waals surface area contributed by atoms with Gasteiger partial charge in [0.2, 0.25) is 5.91 Å². The largest absolute Gasteiger partial charge is 0.336 e. The summed E-state index contributed by atoms with van der Waals surface area (Å²) >= 11 is 0. The van der Waals surface area contributed by atoms with Gasteiger partial charge in [0.1, 0.15) is 11.2 Å². The molecule has 7 rings (SSSR count). The molecular formula is C30H27N9O. The Hall–Kier alpha value is -4.99. The maximum Gasteiger partial charge on any atom is 0.224 e. The molecule has 0 radical (unpaired) electrons. The predicted molar refractivity (Wildman–Crippen MR) is 153 cm³/mol. The summed E-state index contributed by atoms with van der Waals surface area (Å²) in [6, 6.07) is 9.61. The average Bonchev–Trinajstić information content (AvgIpc) is 3.62. The number of nitrogens with zero attached hydrogens (tertiary/aromatic N) is 6. The van der Waals surface area contributed by atoms with Gasteiger partial charge in [-0.3, -0.25) is 29.8 Å². The van der Waals surface area contributed by atoms with Crippen molar-refractivity contribution < 1.29 is 4.79 Å². The van der Waals surface area contributed by atoms with Crippen molar-refractivity contribution in [3.8, 4) is 34.0 Å². The lowest BCUT2D eigenvalue weighted by atomic mass is 9.87. The highest BCUT2D eigenvalue weighted by molar-refractivity contribution is 5.97. The first-order valence-corrected chi connectivity index (χ1v) is 13.6. The summed E-state index contributed by atoms with van der Waals surface area (Å²) in [6.45, 7) is 0. The van der Waals surface area contributed by atoms with Crippen LogP contribution >= 0.6 is 0 Å². The number of hydrogen-bond acceptors (Lipinski definition) is 7. The third-order valence-corrected chi connectivity index (χ3v) is 7.54. The van der Waals surface area contributed by atoms with E-state index in [1.165, 1.54) is 19.3 Å². The molecule has 0 aliphatic heterocycles. The molecule has 1 saturated carbocycles. The first-order valence-electron chi connectivity index (χ1n) is 13.6. The van der Waals surface area contributed by atoms with E-state index in [-0.39, 0.29) is 5.91 Å². The van der Waals surface area contributed by atoms with Gasteiger partial charge >= 0.3 is 0 Å². The smallest absolute Gasteiger partial charge is 0.224 e.